The number of hydrogen-bond acceptors (Lipinski definition) is 4. The van der Waals surface area contributed by atoms with E-state index in [1.165, 1.54) is 0 Å². The molecule has 0 saturated heterocycles. The SMILES string of the molecule is NC1=NC(c2cnn(-c3ccccc3)c2)C(=O)N1. The van der Waals surface area contributed by atoms with Crippen LogP contribution in [0, 0.1) is 0 Å². The van der Waals surface area contributed by atoms with Gasteiger partial charge in [0, 0.05) is 11.8 Å². The molecular formula is C12H11N5O. The van der Waals surface area contributed by atoms with Gasteiger partial charge in [0.25, 0.3) is 5.91 Å². The van der Waals surface area contributed by atoms with E-state index in [9.17, 15) is 4.79 Å². The molecule has 1 aliphatic rings. The Bertz CT molecular complexity index is 616. The second-order valence-corrected chi connectivity index (χ2v) is 3.96. The van der Waals surface area contributed by atoms with Crippen LogP contribution in [0.2, 0.25) is 0 Å². The Morgan fingerprint density at radius 2 is 2.06 bits per heavy atom. The van der Waals surface area contributed by atoms with Crippen LogP contribution in [0.1, 0.15) is 11.6 Å². The molecule has 0 spiro atoms. The van der Waals surface area contributed by atoms with Gasteiger partial charge in [-0.05, 0) is 12.1 Å². The van der Waals surface area contributed by atoms with Crippen molar-refractivity contribution in [3.8, 4) is 5.69 Å². The van der Waals surface area contributed by atoms with Crippen LogP contribution in [-0.4, -0.2) is 21.6 Å². The van der Waals surface area contributed by atoms with Crippen molar-refractivity contribution in [2.24, 2.45) is 10.7 Å². The summed E-state index contributed by atoms with van der Waals surface area (Å²) in [6.45, 7) is 0. The standard InChI is InChI=1S/C12H11N5O/c13-12-15-10(11(18)16-12)8-6-14-17(7-8)9-4-2-1-3-5-9/h1-7,10H,(H3,13,15,16,18). The van der Waals surface area contributed by atoms with Crippen molar-refractivity contribution >= 4 is 11.9 Å². The molecule has 1 atom stereocenters. The minimum Gasteiger partial charge on any atom is -0.370 e. The van der Waals surface area contributed by atoms with Gasteiger partial charge in [-0.15, -0.1) is 0 Å². The van der Waals surface area contributed by atoms with Gasteiger partial charge < -0.3 is 5.73 Å². The number of aliphatic imine (C=N–C) groups is 1. The zero-order valence-corrected chi connectivity index (χ0v) is 9.45. The van der Waals surface area contributed by atoms with Gasteiger partial charge in [-0.25, -0.2) is 9.67 Å². The van der Waals surface area contributed by atoms with E-state index >= 15 is 0 Å². The number of benzene rings is 1. The number of rotatable bonds is 2. The molecule has 1 amide bonds. The summed E-state index contributed by atoms with van der Waals surface area (Å²) in [6.07, 6.45) is 3.40. The highest BCUT2D eigenvalue weighted by Gasteiger charge is 2.27. The van der Waals surface area contributed by atoms with Crippen LogP contribution in [0.15, 0.2) is 47.7 Å². The van der Waals surface area contributed by atoms with Crippen LogP contribution in [0.4, 0.5) is 0 Å². The predicted octanol–water partition coefficient (Wildman–Crippen LogP) is 0.358. The Kier molecular flexibility index (Phi) is 2.33. The zero-order chi connectivity index (χ0) is 12.5. The van der Waals surface area contributed by atoms with Crippen LogP contribution in [0.5, 0.6) is 0 Å². The maximum atomic E-state index is 11.6. The Balaban J connectivity index is 1.93. The fourth-order valence-electron chi connectivity index (χ4n) is 1.85. The van der Waals surface area contributed by atoms with E-state index < -0.39 is 6.04 Å². The van der Waals surface area contributed by atoms with E-state index in [-0.39, 0.29) is 11.9 Å². The maximum Gasteiger partial charge on any atom is 0.256 e. The van der Waals surface area contributed by atoms with Crippen molar-refractivity contribution in [2.75, 3.05) is 0 Å². The zero-order valence-electron chi connectivity index (χ0n) is 9.45. The Labute approximate surface area is 103 Å². The van der Waals surface area contributed by atoms with Crippen molar-refractivity contribution in [1.82, 2.24) is 15.1 Å². The summed E-state index contributed by atoms with van der Waals surface area (Å²) in [5.74, 6) is -0.0717. The molecule has 1 aliphatic heterocycles. The van der Waals surface area contributed by atoms with Gasteiger partial charge in [-0.2, -0.15) is 5.10 Å². The number of para-hydroxylation sites is 1. The normalized spacial score (nSPS) is 18.6. The summed E-state index contributed by atoms with van der Waals surface area (Å²) in [5, 5.41) is 6.68. The van der Waals surface area contributed by atoms with Gasteiger partial charge in [-0.1, -0.05) is 18.2 Å². The minimum absolute atomic E-state index is 0.150. The summed E-state index contributed by atoms with van der Waals surface area (Å²) in [6, 6.07) is 9.06. The predicted molar refractivity (Wildman–Crippen MR) is 66.1 cm³/mol. The molecule has 6 heteroatoms. The molecule has 0 aliphatic carbocycles. The van der Waals surface area contributed by atoms with E-state index in [1.54, 1.807) is 17.1 Å². The van der Waals surface area contributed by atoms with Crippen molar-refractivity contribution in [2.45, 2.75) is 6.04 Å². The molecule has 3 rings (SSSR count). The summed E-state index contributed by atoms with van der Waals surface area (Å²) in [4.78, 5) is 15.6. The lowest BCUT2D eigenvalue weighted by Crippen LogP contribution is -2.31. The van der Waals surface area contributed by atoms with Crippen molar-refractivity contribution in [3.63, 3.8) is 0 Å². The lowest BCUT2D eigenvalue weighted by molar-refractivity contribution is -0.120. The molecular weight excluding hydrogens is 230 g/mol. The number of amides is 1. The first-order chi connectivity index (χ1) is 8.74. The number of aromatic nitrogens is 2. The summed E-state index contributed by atoms with van der Waals surface area (Å²) < 4.78 is 1.70. The smallest absolute Gasteiger partial charge is 0.256 e. The number of nitrogens with one attached hydrogen (secondary N) is 1. The average molecular weight is 241 g/mol. The second kappa shape index (κ2) is 3.99. The molecule has 0 radical (unpaired) electrons. The molecule has 0 saturated carbocycles. The highest BCUT2D eigenvalue weighted by atomic mass is 16.2. The maximum absolute atomic E-state index is 11.6. The van der Waals surface area contributed by atoms with E-state index in [0.717, 1.165) is 11.3 Å². The Hall–Kier alpha value is -2.63. The fraction of sp³-hybridized carbons (Fsp3) is 0.0833. The van der Waals surface area contributed by atoms with Crippen LogP contribution in [0.3, 0.4) is 0 Å². The summed E-state index contributed by atoms with van der Waals surface area (Å²) in [7, 11) is 0. The van der Waals surface area contributed by atoms with Gasteiger partial charge in [-0.3, -0.25) is 10.1 Å². The molecule has 3 N–H and O–H groups in total. The summed E-state index contributed by atoms with van der Waals surface area (Å²) >= 11 is 0. The van der Waals surface area contributed by atoms with Crippen molar-refractivity contribution < 1.29 is 4.79 Å². The molecule has 0 bridgehead atoms. The topological polar surface area (TPSA) is 85.3 Å². The third-order valence-electron chi connectivity index (χ3n) is 2.71. The number of carbonyl (C=O) groups excluding carboxylic acids is 1. The third kappa shape index (κ3) is 1.73. The van der Waals surface area contributed by atoms with Gasteiger partial charge in [0.15, 0.2) is 12.0 Å². The third-order valence-corrected chi connectivity index (χ3v) is 2.71. The molecule has 1 aromatic carbocycles. The minimum atomic E-state index is -0.595. The van der Waals surface area contributed by atoms with Crippen molar-refractivity contribution in [1.29, 1.82) is 0 Å². The highest BCUT2D eigenvalue weighted by Crippen LogP contribution is 2.21. The second-order valence-electron chi connectivity index (χ2n) is 3.96. The molecule has 6 nitrogen and oxygen atoms in total. The molecule has 2 heterocycles. The number of hydrogen-bond donors (Lipinski definition) is 2. The van der Waals surface area contributed by atoms with E-state index in [0.29, 0.717) is 0 Å². The highest BCUT2D eigenvalue weighted by molar-refractivity contribution is 6.04. The first-order valence-corrected chi connectivity index (χ1v) is 5.48. The van der Waals surface area contributed by atoms with Gasteiger partial charge in [0.1, 0.15) is 0 Å². The van der Waals surface area contributed by atoms with Crippen LogP contribution in [-0.2, 0) is 4.79 Å². The van der Waals surface area contributed by atoms with E-state index in [1.807, 2.05) is 30.3 Å². The molecule has 1 aromatic heterocycles. The van der Waals surface area contributed by atoms with E-state index in [4.69, 9.17) is 5.73 Å². The average Bonchev–Trinajstić information content (AvgIpc) is 2.97. The Morgan fingerprint density at radius 1 is 1.28 bits per heavy atom. The van der Waals surface area contributed by atoms with Gasteiger partial charge in [0.2, 0.25) is 0 Å². The van der Waals surface area contributed by atoms with Crippen LogP contribution in [0.25, 0.3) is 5.69 Å². The largest absolute Gasteiger partial charge is 0.370 e. The van der Waals surface area contributed by atoms with Gasteiger partial charge >= 0.3 is 0 Å². The Morgan fingerprint density at radius 3 is 2.72 bits per heavy atom. The van der Waals surface area contributed by atoms with Crippen molar-refractivity contribution in [3.05, 3.63) is 48.3 Å². The van der Waals surface area contributed by atoms with Crippen LogP contribution >= 0.6 is 0 Å². The molecule has 90 valence electrons. The number of guanidine groups is 1. The number of nitrogens with zero attached hydrogens (tertiary/aromatic N) is 3. The number of nitrogens with two attached hydrogens (primary N) is 1. The lowest BCUT2D eigenvalue weighted by Gasteiger charge is -2.01. The quantitative estimate of drug-likeness (QED) is 0.796. The van der Waals surface area contributed by atoms with E-state index in [2.05, 4.69) is 15.4 Å². The number of carbonyl (C=O) groups is 1. The monoisotopic (exact) mass is 241 g/mol. The molecule has 0 fully saturated rings. The summed E-state index contributed by atoms with van der Waals surface area (Å²) in [5.41, 5.74) is 7.11. The van der Waals surface area contributed by atoms with Crippen LogP contribution < -0.4 is 11.1 Å². The molecule has 1 unspecified atom stereocenters. The lowest BCUT2D eigenvalue weighted by atomic mass is 10.2. The molecule has 18 heavy (non-hydrogen) atoms. The molecule has 2 aromatic rings. The fourth-order valence-corrected chi connectivity index (χ4v) is 1.85. The first-order valence-electron chi connectivity index (χ1n) is 5.48. The van der Waals surface area contributed by atoms with Gasteiger partial charge in [0.05, 0.1) is 11.9 Å². The first kappa shape index (κ1) is 10.5.